The van der Waals surface area contributed by atoms with Gasteiger partial charge in [-0.25, -0.2) is 9.97 Å². The molecule has 4 nitrogen and oxygen atoms in total. The number of nitriles is 1. The first kappa shape index (κ1) is 14.0. The largest absolute Gasteiger partial charge is 0.331 e. The van der Waals surface area contributed by atoms with Crippen molar-refractivity contribution in [1.82, 2.24) is 9.97 Å². The molecule has 0 radical (unpaired) electrons. The fraction of sp³-hybridized carbons (Fsp3) is 0.312. The van der Waals surface area contributed by atoms with Crippen molar-refractivity contribution in [1.29, 1.82) is 5.26 Å². The van der Waals surface area contributed by atoms with Crippen molar-refractivity contribution in [2.45, 2.75) is 20.8 Å². The Morgan fingerprint density at radius 1 is 1.05 bits per heavy atom. The lowest BCUT2D eigenvalue weighted by Crippen LogP contribution is -2.19. The second-order valence-corrected chi connectivity index (χ2v) is 5.04. The Morgan fingerprint density at radius 2 is 1.65 bits per heavy atom. The molecule has 0 aliphatic heterocycles. The maximum absolute atomic E-state index is 8.68. The van der Waals surface area contributed by atoms with E-state index in [2.05, 4.69) is 48.9 Å². The summed E-state index contributed by atoms with van der Waals surface area (Å²) in [7, 11) is 1.81. The number of rotatable bonds is 3. The Kier molecular flexibility index (Phi) is 3.99. The number of nitrogens with zero attached hydrogens (tertiary/aromatic N) is 4. The number of aryl methyl sites for hydroxylation is 3. The molecule has 0 aliphatic carbocycles. The molecule has 1 aromatic carbocycles. The molecule has 1 heterocycles. The summed E-state index contributed by atoms with van der Waals surface area (Å²) in [5.41, 5.74) is 5.92. The lowest BCUT2D eigenvalue weighted by atomic mass is 9.97. The zero-order valence-electron chi connectivity index (χ0n) is 12.3. The molecule has 0 spiro atoms. The standard InChI is InChI=1S/C16H18N4/c1-11-7-13(3)15(8-12(11)2)14-9-18-16(19-10-14)20(4)6-5-17/h7-10H,6H2,1-4H3. The van der Waals surface area contributed by atoms with Gasteiger partial charge in [-0.3, -0.25) is 0 Å². The number of anilines is 1. The average Bonchev–Trinajstić information content (AvgIpc) is 2.43. The van der Waals surface area contributed by atoms with Crippen LogP contribution in [0.4, 0.5) is 5.95 Å². The average molecular weight is 266 g/mol. The van der Waals surface area contributed by atoms with Crippen LogP contribution in [0.5, 0.6) is 0 Å². The van der Waals surface area contributed by atoms with E-state index in [9.17, 15) is 0 Å². The van der Waals surface area contributed by atoms with E-state index in [1.54, 1.807) is 11.9 Å². The summed E-state index contributed by atoms with van der Waals surface area (Å²) in [5.74, 6) is 0.566. The van der Waals surface area contributed by atoms with Gasteiger partial charge in [0.2, 0.25) is 5.95 Å². The van der Waals surface area contributed by atoms with Crippen LogP contribution in [0.25, 0.3) is 11.1 Å². The van der Waals surface area contributed by atoms with Gasteiger partial charge >= 0.3 is 0 Å². The highest BCUT2D eigenvalue weighted by Crippen LogP contribution is 2.25. The SMILES string of the molecule is Cc1cc(C)c(-c2cnc(N(C)CC#N)nc2)cc1C. The lowest BCUT2D eigenvalue weighted by Gasteiger charge is -2.14. The fourth-order valence-electron chi connectivity index (χ4n) is 2.11. The minimum absolute atomic E-state index is 0.280. The molecule has 4 heteroatoms. The molecule has 2 rings (SSSR count). The summed E-state index contributed by atoms with van der Waals surface area (Å²) in [6.45, 7) is 6.59. The van der Waals surface area contributed by atoms with Gasteiger partial charge in [0.15, 0.2) is 0 Å². The van der Waals surface area contributed by atoms with Crippen molar-refractivity contribution in [3.05, 3.63) is 41.2 Å². The number of benzene rings is 1. The number of hydrogen-bond donors (Lipinski definition) is 0. The second kappa shape index (κ2) is 5.70. The van der Waals surface area contributed by atoms with E-state index in [0.29, 0.717) is 5.95 Å². The zero-order chi connectivity index (χ0) is 14.7. The highest BCUT2D eigenvalue weighted by Gasteiger charge is 2.08. The molecule has 0 fully saturated rings. The van der Waals surface area contributed by atoms with E-state index >= 15 is 0 Å². The molecule has 0 amide bonds. The van der Waals surface area contributed by atoms with Crippen molar-refractivity contribution in [2.75, 3.05) is 18.5 Å². The van der Waals surface area contributed by atoms with Gasteiger partial charge in [0, 0.05) is 25.0 Å². The van der Waals surface area contributed by atoms with E-state index in [1.165, 1.54) is 16.7 Å². The molecule has 102 valence electrons. The minimum atomic E-state index is 0.280. The molecule has 0 aliphatic rings. The van der Waals surface area contributed by atoms with E-state index in [-0.39, 0.29) is 6.54 Å². The molecule has 20 heavy (non-hydrogen) atoms. The van der Waals surface area contributed by atoms with Crippen LogP contribution in [0.1, 0.15) is 16.7 Å². The van der Waals surface area contributed by atoms with Crippen LogP contribution in [0, 0.1) is 32.1 Å². The van der Waals surface area contributed by atoms with Crippen LogP contribution in [-0.2, 0) is 0 Å². The van der Waals surface area contributed by atoms with Gasteiger partial charge in [-0.2, -0.15) is 5.26 Å². The van der Waals surface area contributed by atoms with Crippen LogP contribution in [0.3, 0.4) is 0 Å². The van der Waals surface area contributed by atoms with Gasteiger partial charge in [-0.05, 0) is 43.0 Å². The first-order chi connectivity index (χ1) is 9.52. The van der Waals surface area contributed by atoms with Crippen molar-refractivity contribution in [2.24, 2.45) is 0 Å². The topological polar surface area (TPSA) is 52.8 Å². The van der Waals surface area contributed by atoms with Gasteiger partial charge in [-0.1, -0.05) is 12.1 Å². The smallest absolute Gasteiger partial charge is 0.225 e. The monoisotopic (exact) mass is 266 g/mol. The first-order valence-electron chi connectivity index (χ1n) is 6.51. The van der Waals surface area contributed by atoms with Crippen molar-refractivity contribution < 1.29 is 0 Å². The van der Waals surface area contributed by atoms with Crippen molar-refractivity contribution >= 4 is 5.95 Å². The van der Waals surface area contributed by atoms with Crippen molar-refractivity contribution in [3.8, 4) is 17.2 Å². The van der Waals surface area contributed by atoms with Crippen molar-refractivity contribution in [3.63, 3.8) is 0 Å². The first-order valence-corrected chi connectivity index (χ1v) is 6.51. The number of aromatic nitrogens is 2. The van der Waals surface area contributed by atoms with Gasteiger partial charge in [-0.15, -0.1) is 0 Å². The lowest BCUT2D eigenvalue weighted by molar-refractivity contribution is 0.947. The summed E-state index contributed by atoms with van der Waals surface area (Å²) in [6.07, 6.45) is 3.63. The van der Waals surface area contributed by atoms with Crippen LogP contribution in [0.2, 0.25) is 0 Å². The van der Waals surface area contributed by atoms with E-state index in [1.807, 2.05) is 12.4 Å². The van der Waals surface area contributed by atoms with Gasteiger partial charge in [0.25, 0.3) is 0 Å². The van der Waals surface area contributed by atoms with Crippen LogP contribution < -0.4 is 4.90 Å². The molecule has 0 atom stereocenters. The van der Waals surface area contributed by atoms with Gasteiger partial charge < -0.3 is 4.90 Å². The molecule has 0 N–H and O–H groups in total. The summed E-state index contributed by atoms with van der Waals surface area (Å²) in [5, 5.41) is 8.68. The molecular formula is C16H18N4. The van der Waals surface area contributed by atoms with Crippen LogP contribution in [-0.4, -0.2) is 23.6 Å². The molecule has 0 saturated carbocycles. The second-order valence-electron chi connectivity index (χ2n) is 5.04. The molecule has 2 aromatic rings. The van der Waals surface area contributed by atoms with Gasteiger partial charge in [0.05, 0.1) is 6.07 Å². The Bertz CT molecular complexity index is 653. The van der Waals surface area contributed by atoms with E-state index < -0.39 is 0 Å². The molecular weight excluding hydrogens is 248 g/mol. The Labute approximate surface area is 119 Å². The van der Waals surface area contributed by atoms with Crippen LogP contribution >= 0.6 is 0 Å². The van der Waals surface area contributed by atoms with E-state index in [4.69, 9.17) is 5.26 Å². The highest BCUT2D eigenvalue weighted by atomic mass is 15.2. The Morgan fingerprint density at radius 3 is 2.25 bits per heavy atom. The highest BCUT2D eigenvalue weighted by molar-refractivity contribution is 5.67. The molecule has 0 bridgehead atoms. The quantitative estimate of drug-likeness (QED) is 0.801. The maximum Gasteiger partial charge on any atom is 0.225 e. The van der Waals surface area contributed by atoms with Gasteiger partial charge in [0.1, 0.15) is 6.54 Å². The summed E-state index contributed by atoms with van der Waals surface area (Å²) in [6, 6.07) is 6.43. The Hall–Kier alpha value is -2.41. The predicted octanol–water partition coefficient (Wildman–Crippen LogP) is 3.03. The molecule has 0 unspecified atom stereocenters. The third-order valence-corrected chi connectivity index (χ3v) is 3.44. The Balaban J connectivity index is 2.36. The summed E-state index contributed by atoms with van der Waals surface area (Å²) >= 11 is 0. The van der Waals surface area contributed by atoms with Crippen LogP contribution in [0.15, 0.2) is 24.5 Å². The predicted molar refractivity (Wildman–Crippen MR) is 80.6 cm³/mol. The zero-order valence-corrected chi connectivity index (χ0v) is 12.3. The minimum Gasteiger partial charge on any atom is -0.331 e. The summed E-state index contributed by atoms with van der Waals surface area (Å²) in [4.78, 5) is 10.4. The number of hydrogen-bond acceptors (Lipinski definition) is 4. The molecule has 0 saturated heterocycles. The summed E-state index contributed by atoms with van der Waals surface area (Å²) < 4.78 is 0. The fourth-order valence-corrected chi connectivity index (χ4v) is 2.11. The van der Waals surface area contributed by atoms with E-state index in [0.717, 1.165) is 11.1 Å². The normalized spacial score (nSPS) is 10.2. The molecule has 1 aromatic heterocycles. The third-order valence-electron chi connectivity index (χ3n) is 3.44. The maximum atomic E-state index is 8.68. The third kappa shape index (κ3) is 2.77.